The summed E-state index contributed by atoms with van der Waals surface area (Å²) in [6, 6.07) is 1.84. The molecule has 6 heteroatoms. The molecule has 0 radical (unpaired) electrons. The summed E-state index contributed by atoms with van der Waals surface area (Å²) in [6.45, 7) is 4.86. The zero-order valence-corrected chi connectivity index (χ0v) is 14.2. The highest BCUT2D eigenvalue weighted by Gasteiger charge is 2.34. The van der Waals surface area contributed by atoms with Gasteiger partial charge in [0.1, 0.15) is 5.69 Å². The maximum absolute atomic E-state index is 12.9. The van der Waals surface area contributed by atoms with E-state index >= 15 is 0 Å². The number of likely N-dealkylation sites (tertiary alicyclic amines) is 1. The molecule has 1 atom stereocenters. The van der Waals surface area contributed by atoms with Crippen molar-refractivity contribution in [2.45, 2.75) is 32.7 Å². The number of aryl methyl sites for hydroxylation is 3. The Morgan fingerprint density at radius 3 is 2.64 bits per heavy atom. The van der Waals surface area contributed by atoms with E-state index in [0.29, 0.717) is 10.7 Å². The van der Waals surface area contributed by atoms with Gasteiger partial charge in [-0.15, -0.1) is 0 Å². The Hall–Kier alpha value is -1.75. The van der Waals surface area contributed by atoms with Gasteiger partial charge in [0.15, 0.2) is 0 Å². The van der Waals surface area contributed by atoms with Crippen LogP contribution in [0, 0.1) is 13.8 Å². The van der Waals surface area contributed by atoms with E-state index in [1.165, 1.54) is 5.56 Å². The summed E-state index contributed by atoms with van der Waals surface area (Å²) in [7, 11) is 3.80. The van der Waals surface area contributed by atoms with Crippen LogP contribution >= 0.6 is 11.6 Å². The van der Waals surface area contributed by atoms with E-state index in [-0.39, 0.29) is 11.9 Å². The second-order valence-corrected chi connectivity index (χ2v) is 6.46. The first-order chi connectivity index (χ1) is 10.4. The summed E-state index contributed by atoms with van der Waals surface area (Å²) in [5.74, 6) is 0.0413. The highest BCUT2D eigenvalue weighted by molar-refractivity contribution is 6.31. The van der Waals surface area contributed by atoms with Gasteiger partial charge in [-0.25, -0.2) is 0 Å². The van der Waals surface area contributed by atoms with Crippen molar-refractivity contribution in [3.63, 3.8) is 0 Å². The summed E-state index contributed by atoms with van der Waals surface area (Å²) in [5.41, 5.74) is 3.96. The van der Waals surface area contributed by atoms with Crippen molar-refractivity contribution in [1.29, 1.82) is 0 Å². The molecule has 118 valence electrons. The van der Waals surface area contributed by atoms with Crippen LogP contribution in [0.2, 0.25) is 5.02 Å². The monoisotopic (exact) mass is 320 g/mol. The van der Waals surface area contributed by atoms with Gasteiger partial charge in [-0.05, 0) is 32.8 Å². The van der Waals surface area contributed by atoms with Crippen molar-refractivity contribution in [3.8, 4) is 0 Å². The Kier molecular flexibility index (Phi) is 3.77. The molecular weight excluding hydrogens is 300 g/mol. The molecule has 2 aromatic rings. The van der Waals surface area contributed by atoms with E-state index in [4.69, 9.17) is 11.6 Å². The first-order valence-electron chi connectivity index (χ1n) is 7.53. The summed E-state index contributed by atoms with van der Waals surface area (Å²) in [5, 5.41) is 5.09. The average Bonchev–Trinajstić information content (AvgIpc) is 3.10. The molecule has 5 nitrogen and oxygen atoms in total. The molecule has 1 saturated heterocycles. The van der Waals surface area contributed by atoms with Gasteiger partial charge < -0.3 is 9.47 Å². The van der Waals surface area contributed by atoms with Gasteiger partial charge in [-0.1, -0.05) is 11.6 Å². The zero-order chi connectivity index (χ0) is 16.0. The third kappa shape index (κ3) is 2.33. The van der Waals surface area contributed by atoms with Gasteiger partial charge in [0, 0.05) is 38.1 Å². The Morgan fingerprint density at radius 2 is 2.09 bits per heavy atom. The van der Waals surface area contributed by atoms with Crippen LogP contribution < -0.4 is 0 Å². The molecule has 0 spiro atoms. The first-order valence-corrected chi connectivity index (χ1v) is 7.91. The highest BCUT2D eigenvalue weighted by atomic mass is 35.5. The van der Waals surface area contributed by atoms with Gasteiger partial charge in [0.05, 0.1) is 16.8 Å². The molecule has 0 N–H and O–H groups in total. The normalized spacial score (nSPS) is 18.2. The van der Waals surface area contributed by atoms with Gasteiger partial charge in [-0.2, -0.15) is 5.10 Å². The lowest BCUT2D eigenvalue weighted by molar-refractivity contribution is 0.0725. The lowest BCUT2D eigenvalue weighted by Crippen LogP contribution is -2.32. The summed E-state index contributed by atoms with van der Waals surface area (Å²) >= 11 is 6.02. The molecule has 0 aliphatic carbocycles. The van der Waals surface area contributed by atoms with Crippen LogP contribution in [0.25, 0.3) is 0 Å². The largest absolute Gasteiger partial charge is 0.345 e. The molecule has 3 heterocycles. The molecule has 1 aliphatic heterocycles. The van der Waals surface area contributed by atoms with Gasteiger partial charge >= 0.3 is 0 Å². The van der Waals surface area contributed by atoms with E-state index < -0.39 is 0 Å². The number of amides is 1. The Labute approximate surface area is 135 Å². The maximum atomic E-state index is 12.9. The van der Waals surface area contributed by atoms with Crippen molar-refractivity contribution in [2.24, 2.45) is 14.1 Å². The van der Waals surface area contributed by atoms with Crippen LogP contribution in [-0.4, -0.2) is 31.7 Å². The molecule has 1 fully saturated rings. The number of carbonyl (C=O) groups is 1. The van der Waals surface area contributed by atoms with Crippen molar-refractivity contribution in [1.82, 2.24) is 19.2 Å². The molecular formula is C16H21ClN4O. The van der Waals surface area contributed by atoms with Crippen LogP contribution in [0.5, 0.6) is 0 Å². The van der Waals surface area contributed by atoms with Crippen LogP contribution in [0.1, 0.15) is 46.3 Å². The predicted molar refractivity (Wildman–Crippen MR) is 86.1 cm³/mol. The molecule has 1 aliphatic rings. The highest BCUT2D eigenvalue weighted by Crippen LogP contribution is 2.36. The maximum Gasteiger partial charge on any atom is 0.271 e. The molecule has 2 aromatic heterocycles. The van der Waals surface area contributed by atoms with Crippen LogP contribution in [0.3, 0.4) is 0 Å². The molecule has 0 bridgehead atoms. The fourth-order valence-corrected chi connectivity index (χ4v) is 3.72. The summed E-state index contributed by atoms with van der Waals surface area (Å²) in [4.78, 5) is 14.9. The molecule has 1 amide bonds. The van der Waals surface area contributed by atoms with E-state index in [9.17, 15) is 4.79 Å². The number of aromatic nitrogens is 3. The lowest BCUT2D eigenvalue weighted by Gasteiger charge is -2.25. The number of halogens is 1. The third-order valence-electron chi connectivity index (χ3n) is 4.60. The van der Waals surface area contributed by atoms with Crippen molar-refractivity contribution in [3.05, 3.63) is 39.9 Å². The van der Waals surface area contributed by atoms with E-state index in [1.807, 2.05) is 30.6 Å². The Balaban J connectivity index is 1.97. The predicted octanol–water partition coefficient (Wildman–Crippen LogP) is 3.01. The smallest absolute Gasteiger partial charge is 0.271 e. The van der Waals surface area contributed by atoms with Crippen LogP contribution in [-0.2, 0) is 14.1 Å². The third-order valence-corrected chi connectivity index (χ3v) is 4.81. The molecule has 0 aromatic carbocycles. The van der Waals surface area contributed by atoms with Crippen molar-refractivity contribution < 1.29 is 4.79 Å². The van der Waals surface area contributed by atoms with Gasteiger partial charge in [0.25, 0.3) is 5.91 Å². The van der Waals surface area contributed by atoms with Gasteiger partial charge in [0.2, 0.25) is 0 Å². The lowest BCUT2D eigenvalue weighted by atomic mass is 10.0. The van der Waals surface area contributed by atoms with E-state index in [0.717, 1.165) is 30.8 Å². The Morgan fingerprint density at radius 1 is 1.36 bits per heavy atom. The molecule has 0 saturated carbocycles. The first kappa shape index (κ1) is 15.2. The standard InChI is InChI=1S/C16H21ClN4O/c1-10-15(11(2)20(4)18-10)13-6-5-7-21(13)16(22)14-8-12(17)9-19(14)3/h8-9,13H,5-7H2,1-4H3/t13-/m0/s1. The number of rotatable bonds is 2. The second kappa shape index (κ2) is 5.47. The van der Waals surface area contributed by atoms with Gasteiger partial charge in [-0.3, -0.25) is 9.48 Å². The number of hydrogen-bond donors (Lipinski definition) is 0. The minimum absolute atomic E-state index is 0.0413. The quantitative estimate of drug-likeness (QED) is 0.853. The zero-order valence-electron chi connectivity index (χ0n) is 13.4. The van der Waals surface area contributed by atoms with E-state index in [1.54, 1.807) is 16.8 Å². The molecule has 0 unspecified atom stereocenters. The number of carbonyl (C=O) groups excluding carboxylic acids is 1. The minimum atomic E-state index is 0.0413. The minimum Gasteiger partial charge on any atom is -0.345 e. The second-order valence-electron chi connectivity index (χ2n) is 6.02. The van der Waals surface area contributed by atoms with E-state index in [2.05, 4.69) is 12.0 Å². The fraction of sp³-hybridized carbons (Fsp3) is 0.500. The average molecular weight is 321 g/mol. The topological polar surface area (TPSA) is 43.1 Å². The fourth-order valence-electron chi connectivity index (χ4n) is 3.47. The van der Waals surface area contributed by atoms with Crippen LogP contribution in [0.15, 0.2) is 12.3 Å². The molecule has 3 rings (SSSR count). The SMILES string of the molecule is Cc1nn(C)c(C)c1[C@@H]1CCCN1C(=O)c1cc(Cl)cn1C. The van der Waals surface area contributed by atoms with Crippen molar-refractivity contribution in [2.75, 3.05) is 6.54 Å². The van der Waals surface area contributed by atoms with Crippen molar-refractivity contribution >= 4 is 17.5 Å². The molecule has 22 heavy (non-hydrogen) atoms. The Bertz CT molecular complexity index is 731. The number of nitrogens with zero attached hydrogens (tertiary/aromatic N) is 4. The van der Waals surface area contributed by atoms with Crippen LogP contribution in [0.4, 0.5) is 0 Å². The summed E-state index contributed by atoms with van der Waals surface area (Å²) < 4.78 is 3.69. The number of hydrogen-bond acceptors (Lipinski definition) is 2. The summed E-state index contributed by atoms with van der Waals surface area (Å²) in [6.07, 6.45) is 3.76.